The maximum Gasteiger partial charge on any atom is 0.265 e. The quantitative estimate of drug-likeness (QED) is 0.409. The van der Waals surface area contributed by atoms with Gasteiger partial charge in [0.2, 0.25) is 5.88 Å². The minimum Gasteiger partial charge on any atom is -0.497 e. The lowest BCUT2D eigenvalue weighted by Gasteiger charge is -2.16. The number of methoxy groups -OCH3 is 4. The van der Waals surface area contributed by atoms with E-state index in [2.05, 4.69) is 4.99 Å². The molecule has 0 aliphatic carbocycles. The zero-order valence-electron chi connectivity index (χ0n) is 19.2. The second-order valence-corrected chi connectivity index (χ2v) is 7.26. The molecule has 0 amide bonds. The highest BCUT2D eigenvalue weighted by Crippen LogP contribution is 2.34. The van der Waals surface area contributed by atoms with Gasteiger partial charge in [-0.25, -0.2) is 4.57 Å². The summed E-state index contributed by atoms with van der Waals surface area (Å²) in [6, 6.07) is 17.2. The van der Waals surface area contributed by atoms with Crippen LogP contribution in [0.3, 0.4) is 0 Å². The first-order valence-corrected chi connectivity index (χ1v) is 10.4. The minimum absolute atomic E-state index is 0.275. The summed E-state index contributed by atoms with van der Waals surface area (Å²) < 4.78 is 22.6. The predicted molar refractivity (Wildman–Crippen MR) is 131 cm³/mol. The van der Waals surface area contributed by atoms with E-state index in [0.717, 1.165) is 0 Å². The summed E-state index contributed by atoms with van der Waals surface area (Å²) in [4.78, 5) is 17.9. The lowest BCUT2D eigenvalue weighted by molar-refractivity contribution is 0.389. The molecule has 34 heavy (non-hydrogen) atoms. The fourth-order valence-electron chi connectivity index (χ4n) is 3.71. The summed E-state index contributed by atoms with van der Waals surface area (Å²) in [5.74, 6) is 1.78. The number of hydrogen-bond acceptors (Lipinski definition) is 7. The molecule has 0 aliphatic rings. The molecule has 4 rings (SSSR count). The van der Waals surface area contributed by atoms with Crippen LogP contribution < -0.4 is 24.5 Å². The average Bonchev–Trinajstić information content (AvgIpc) is 2.88. The van der Waals surface area contributed by atoms with Gasteiger partial charge in [-0.2, -0.15) is 0 Å². The number of aliphatic imine (C=N–C) groups is 1. The van der Waals surface area contributed by atoms with Crippen LogP contribution in [-0.2, 0) is 0 Å². The van der Waals surface area contributed by atoms with Gasteiger partial charge in [0, 0.05) is 29.1 Å². The Hall–Kier alpha value is -4.46. The molecule has 0 atom stereocenters. The molecule has 1 N–H and O–H groups in total. The molecule has 0 unspecified atom stereocenters. The number of nitrogens with zero attached hydrogens (tertiary/aromatic N) is 2. The van der Waals surface area contributed by atoms with Crippen LogP contribution in [0.1, 0.15) is 5.56 Å². The van der Waals surface area contributed by atoms with Crippen LogP contribution >= 0.6 is 0 Å². The van der Waals surface area contributed by atoms with E-state index >= 15 is 0 Å². The van der Waals surface area contributed by atoms with Gasteiger partial charge in [0.25, 0.3) is 5.56 Å². The molecular weight excluding hydrogens is 436 g/mol. The Kier molecular flexibility index (Phi) is 6.40. The number of aromatic nitrogens is 1. The maximum absolute atomic E-state index is 13.4. The zero-order chi connectivity index (χ0) is 24.2. The average molecular weight is 460 g/mol. The molecule has 1 heterocycles. The van der Waals surface area contributed by atoms with Gasteiger partial charge in [-0.3, -0.25) is 9.79 Å². The maximum atomic E-state index is 13.4. The summed E-state index contributed by atoms with van der Waals surface area (Å²) >= 11 is 0. The topological polar surface area (TPSA) is 91.5 Å². The number of pyridine rings is 1. The molecule has 0 bridgehead atoms. The number of hydrogen-bond donors (Lipinski definition) is 1. The van der Waals surface area contributed by atoms with Crippen molar-refractivity contribution in [1.29, 1.82) is 0 Å². The van der Waals surface area contributed by atoms with Gasteiger partial charge in [0.15, 0.2) is 0 Å². The highest BCUT2D eigenvalue weighted by atomic mass is 16.5. The van der Waals surface area contributed by atoms with Crippen molar-refractivity contribution in [3.8, 4) is 34.6 Å². The molecule has 0 fully saturated rings. The standard InChI is InChI=1S/C26H24N2O6/c1-31-16-9-11-21(23(13-16)33-3)27-15-20-18-7-5-6-8-19(18)25(29)28(26(20)30)22-12-10-17(32-2)14-24(22)34-4/h5-15,30H,1-4H3. The Balaban J connectivity index is 1.96. The fourth-order valence-corrected chi connectivity index (χ4v) is 3.71. The van der Waals surface area contributed by atoms with Crippen molar-refractivity contribution >= 4 is 22.7 Å². The Morgan fingerprint density at radius 3 is 2.06 bits per heavy atom. The molecule has 0 aliphatic heterocycles. The van der Waals surface area contributed by atoms with Crippen molar-refractivity contribution < 1.29 is 24.1 Å². The SMILES string of the molecule is COc1ccc(N=Cc2c(O)n(-c3ccc(OC)cc3OC)c(=O)c3ccccc23)c(OC)c1. The van der Waals surface area contributed by atoms with Crippen molar-refractivity contribution in [2.45, 2.75) is 0 Å². The Morgan fingerprint density at radius 2 is 1.41 bits per heavy atom. The third-order valence-electron chi connectivity index (χ3n) is 5.45. The van der Waals surface area contributed by atoms with Crippen molar-refractivity contribution in [3.63, 3.8) is 0 Å². The van der Waals surface area contributed by atoms with Crippen LogP contribution in [0, 0.1) is 0 Å². The van der Waals surface area contributed by atoms with Crippen LogP contribution in [0.25, 0.3) is 16.5 Å². The summed E-state index contributed by atoms with van der Waals surface area (Å²) in [6.07, 6.45) is 1.51. The monoisotopic (exact) mass is 460 g/mol. The van der Waals surface area contributed by atoms with Crippen LogP contribution in [0.4, 0.5) is 5.69 Å². The van der Waals surface area contributed by atoms with E-state index in [4.69, 9.17) is 18.9 Å². The molecule has 8 heteroatoms. The number of fused-ring (bicyclic) bond motifs is 1. The molecule has 0 saturated carbocycles. The van der Waals surface area contributed by atoms with E-state index in [1.54, 1.807) is 67.8 Å². The summed E-state index contributed by atoms with van der Waals surface area (Å²) in [5.41, 5.74) is 0.876. The van der Waals surface area contributed by atoms with Gasteiger partial charge >= 0.3 is 0 Å². The lowest BCUT2D eigenvalue weighted by atomic mass is 10.1. The first-order chi connectivity index (χ1) is 16.5. The van der Waals surface area contributed by atoms with Gasteiger partial charge in [-0.1, -0.05) is 18.2 Å². The van der Waals surface area contributed by atoms with Gasteiger partial charge in [0.05, 0.1) is 39.7 Å². The normalized spacial score (nSPS) is 11.1. The van der Waals surface area contributed by atoms with E-state index in [1.165, 1.54) is 32.1 Å². The van der Waals surface area contributed by atoms with Gasteiger partial charge < -0.3 is 24.1 Å². The van der Waals surface area contributed by atoms with Crippen LogP contribution in [0.2, 0.25) is 0 Å². The van der Waals surface area contributed by atoms with Crippen molar-refractivity contribution in [3.05, 3.63) is 76.6 Å². The highest BCUT2D eigenvalue weighted by molar-refractivity contribution is 6.02. The van der Waals surface area contributed by atoms with Gasteiger partial charge in [0.1, 0.15) is 28.7 Å². The number of aromatic hydroxyl groups is 1. The van der Waals surface area contributed by atoms with E-state index in [9.17, 15) is 9.90 Å². The second kappa shape index (κ2) is 9.58. The van der Waals surface area contributed by atoms with Crippen molar-refractivity contribution in [2.24, 2.45) is 4.99 Å². The summed E-state index contributed by atoms with van der Waals surface area (Å²) in [7, 11) is 6.13. The predicted octanol–water partition coefficient (Wildman–Crippen LogP) is 4.48. The number of rotatable bonds is 7. The fraction of sp³-hybridized carbons (Fsp3) is 0.154. The molecule has 0 saturated heterocycles. The molecule has 3 aromatic carbocycles. The van der Waals surface area contributed by atoms with E-state index in [1.807, 2.05) is 0 Å². The van der Waals surface area contributed by atoms with Crippen LogP contribution in [-0.4, -0.2) is 44.3 Å². The first kappa shape index (κ1) is 22.7. The molecule has 0 radical (unpaired) electrons. The Bertz CT molecular complexity index is 1440. The number of ether oxygens (including phenoxy) is 4. The van der Waals surface area contributed by atoms with Crippen LogP contribution in [0.15, 0.2) is 70.5 Å². The largest absolute Gasteiger partial charge is 0.497 e. The highest BCUT2D eigenvalue weighted by Gasteiger charge is 2.19. The summed E-state index contributed by atoms with van der Waals surface area (Å²) in [6.45, 7) is 0. The van der Waals surface area contributed by atoms with Crippen molar-refractivity contribution in [1.82, 2.24) is 4.57 Å². The van der Waals surface area contributed by atoms with Crippen molar-refractivity contribution in [2.75, 3.05) is 28.4 Å². The van der Waals surface area contributed by atoms with Gasteiger partial charge in [-0.15, -0.1) is 0 Å². The third kappa shape index (κ3) is 4.01. The molecule has 0 spiro atoms. The lowest BCUT2D eigenvalue weighted by Crippen LogP contribution is -2.20. The Labute approximate surface area is 196 Å². The smallest absolute Gasteiger partial charge is 0.265 e. The minimum atomic E-state index is -0.393. The van der Waals surface area contributed by atoms with Crippen LogP contribution in [0.5, 0.6) is 28.9 Å². The number of benzene rings is 3. The first-order valence-electron chi connectivity index (χ1n) is 10.4. The third-order valence-corrected chi connectivity index (χ3v) is 5.45. The second-order valence-electron chi connectivity index (χ2n) is 7.26. The van der Waals surface area contributed by atoms with Gasteiger partial charge in [-0.05, 0) is 30.3 Å². The van der Waals surface area contributed by atoms with E-state index < -0.39 is 5.56 Å². The molecule has 1 aromatic heterocycles. The van der Waals surface area contributed by atoms with E-state index in [0.29, 0.717) is 50.7 Å². The molecule has 174 valence electrons. The molecule has 8 nitrogen and oxygen atoms in total. The molecular formula is C26H24N2O6. The zero-order valence-corrected chi connectivity index (χ0v) is 19.2. The summed E-state index contributed by atoms with van der Waals surface area (Å²) in [5, 5.41) is 12.3. The van der Waals surface area contributed by atoms with E-state index in [-0.39, 0.29) is 5.88 Å². The Morgan fingerprint density at radius 1 is 0.794 bits per heavy atom. The molecule has 4 aromatic rings.